The Morgan fingerprint density at radius 1 is 0.410 bits per heavy atom. The van der Waals surface area contributed by atoms with Crippen molar-refractivity contribution < 1.29 is 13.5 Å². The topological polar surface area (TPSA) is 144 Å². The second-order valence-corrected chi connectivity index (χ2v) is 34.8. The molecule has 6 aromatic heterocycles. The van der Waals surface area contributed by atoms with Crippen LogP contribution in [0.4, 0.5) is 0 Å². The molecule has 14 rings (SSSR count). The third-order valence-corrected chi connectivity index (χ3v) is 25.4. The van der Waals surface area contributed by atoms with E-state index in [2.05, 4.69) is 181 Å². The van der Waals surface area contributed by atoms with Gasteiger partial charge in [0.2, 0.25) is 10.0 Å². The van der Waals surface area contributed by atoms with Crippen molar-refractivity contribution in [2.24, 2.45) is 23.7 Å². The third kappa shape index (κ3) is 23.8. The second-order valence-electron chi connectivity index (χ2n) is 29.4. The minimum atomic E-state index is -3.26. The number of hydrogen-bond acceptors (Lipinski definition) is 12. The molecule has 14 heteroatoms. The molecule has 2 aliphatic carbocycles. The highest BCUT2D eigenvalue weighted by molar-refractivity contribution is 7.88. The Labute approximate surface area is 636 Å². The van der Waals surface area contributed by atoms with E-state index in [1.807, 2.05) is 102 Å². The van der Waals surface area contributed by atoms with Crippen molar-refractivity contribution in [3.8, 4) is 31.7 Å². The smallest absolute Gasteiger partial charge is 0.215 e. The number of aromatic nitrogens is 6. The Bertz CT molecular complexity index is 4830. The summed E-state index contributed by atoms with van der Waals surface area (Å²) < 4.78 is 25.8. The summed E-state index contributed by atoms with van der Waals surface area (Å²) in [4.78, 5) is 35.9. The van der Waals surface area contributed by atoms with Crippen LogP contribution in [0.2, 0.25) is 0 Å². The average molecular weight is 1470 g/mol. The van der Waals surface area contributed by atoms with Gasteiger partial charge in [-0.1, -0.05) is 196 Å². The lowest BCUT2D eigenvalue weighted by atomic mass is 9.80. The van der Waals surface area contributed by atoms with Crippen LogP contribution in [0, 0.1) is 37.5 Å². The minimum Gasteiger partial charge on any atom is -0.389 e. The van der Waals surface area contributed by atoms with E-state index in [0.717, 1.165) is 131 Å². The van der Waals surface area contributed by atoms with Gasteiger partial charge >= 0.3 is 0 Å². The highest BCUT2D eigenvalue weighted by Crippen LogP contribution is 2.35. The summed E-state index contributed by atoms with van der Waals surface area (Å²) in [5.41, 5.74) is 17.9. The van der Waals surface area contributed by atoms with Gasteiger partial charge in [-0.25, -0.2) is 43.0 Å². The number of sulfonamides is 1. The van der Waals surface area contributed by atoms with Crippen LogP contribution in [0.5, 0.6) is 0 Å². The van der Waals surface area contributed by atoms with Gasteiger partial charge in [0.25, 0.3) is 0 Å². The molecule has 0 amide bonds. The van der Waals surface area contributed by atoms with Gasteiger partial charge in [-0.3, -0.25) is 0 Å². The molecule has 0 aliphatic heterocycles. The highest BCUT2D eigenvalue weighted by atomic mass is 32.2. The van der Waals surface area contributed by atoms with Crippen molar-refractivity contribution in [2.75, 3.05) is 7.05 Å². The molecule has 6 aromatic carbocycles. The molecule has 12 aromatic rings. The summed E-state index contributed by atoms with van der Waals surface area (Å²) in [6.07, 6.45) is 26.9. The first-order valence-corrected chi connectivity index (χ1v) is 41.9. The summed E-state index contributed by atoms with van der Waals surface area (Å²) >= 11 is 5.44. The first-order chi connectivity index (χ1) is 51.0. The maximum atomic E-state index is 11.7. The van der Waals surface area contributed by atoms with Crippen LogP contribution in [0.3, 0.4) is 0 Å². The molecule has 2 saturated carbocycles. The number of nitrogens with one attached hydrogen (secondary N) is 1. The van der Waals surface area contributed by atoms with Crippen LogP contribution < -0.4 is 4.72 Å². The van der Waals surface area contributed by atoms with E-state index in [9.17, 15) is 13.5 Å². The number of hydrogen-bond donors (Lipinski definition) is 2. The Kier molecular flexibility index (Phi) is 27.3. The Morgan fingerprint density at radius 3 is 1.22 bits per heavy atom. The number of aliphatic hydroxyl groups excluding tert-OH is 1. The number of benzene rings is 6. The van der Waals surface area contributed by atoms with Gasteiger partial charge in [-0.05, 0) is 239 Å². The number of nitrogens with zero attached hydrogens (tertiary/aromatic N) is 6. The third-order valence-electron chi connectivity index (χ3n) is 20.6. The van der Waals surface area contributed by atoms with E-state index < -0.39 is 16.1 Å². The number of rotatable bonds is 26. The normalized spacial score (nSPS) is 16.2. The molecule has 0 spiro atoms. The molecule has 1 atom stereocenters. The van der Waals surface area contributed by atoms with E-state index in [-0.39, 0.29) is 5.75 Å². The van der Waals surface area contributed by atoms with Gasteiger partial charge < -0.3 is 5.11 Å². The maximum Gasteiger partial charge on any atom is 0.215 e. The molecular weight excluding hydrogens is 1370 g/mol. The van der Waals surface area contributed by atoms with Gasteiger partial charge in [0.15, 0.2) is 0 Å². The highest BCUT2D eigenvalue weighted by Gasteiger charge is 2.21. The zero-order valence-electron chi connectivity index (χ0n) is 61.9. The molecule has 0 saturated heterocycles. The van der Waals surface area contributed by atoms with E-state index in [1.165, 1.54) is 146 Å². The molecule has 0 bridgehead atoms. The van der Waals surface area contributed by atoms with Crippen molar-refractivity contribution in [1.29, 1.82) is 0 Å². The van der Waals surface area contributed by atoms with Crippen LogP contribution in [0.15, 0.2) is 219 Å². The van der Waals surface area contributed by atoms with Crippen molar-refractivity contribution in [1.82, 2.24) is 34.6 Å². The Hall–Kier alpha value is -8.47. The van der Waals surface area contributed by atoms with Crippen molar-refractivity contribution in [2.45, 2.75) is 168 Å². The maximum absolute atomic E-state index is 11.7. The summed E-state index contributed by atoms with van der Waals surface area (Å²) in [7, 11) is -1.83. The predicted octanol–water partition coefficient (Wildman–Crippen LogP) is 21.2. The quantitative estimate of drug-likeness (QED) is 0.0541. The second kappa shape index (κ2) is 37.7. The van der Waals surface area contributed by atoms with Crippen molar-refractivity contribution in [3.63, 3.8) is 0 Å². The van der Waals surface area contributed by atoms with Gasteiger partial charge in [0, 0.05) is 52.5 Å². The lowest BCUT2D eigenvalue weighted by Crippen LogP contribution is -2.20. The zero-order chi connectivity index (χ0) is 72.9. The van der Waals surface area contributed by atoms with Crippen LogP contribution in [-0.2, 0) is 86.4 Å². The lowest BCUT2D eigenvalue weighted by molar-refractivity contribution is 0.199. The summed E-state index contributed by atoms with van der Waals surface area (Å²) in [6, 6.07) is 70.7. The molecule has 1 unspecified atom stereocenters. The van der Waals surface area contributed by atoms with Gasteiger partial charge in [-0.15, -0.1) is 34.0 Å². The SMILES string of the molecule is CNS(=O)(=O)Cc1ccc(CCc2ccc(-c3ccnc(Cc4cccc(C(C)O)c4)n3)s2)cc1.Cc1ccc(CCc2ccc(-c3ccnc(Cc4cccc(CC5CCC(C)CC5)c4)n3)s2)cc1.Cc1cccc(CCc2ccc(-c3ccnc(Cc4cccc(CC5CCC(C)CC5)c4)n3)s2)c1. The van der Waals surface area contributed by atoms with E-state index in [0.29, 0.717) is 6.42 Å². The molecule has 2 N–H and O–H groups in total. The molecule has 542 valence electrons. The van der Waals surface area contributed by atoms with Crippen molar-refractivity contribution >= 4 is 44.0 Å². The molecular formula is C91H101N7O3S4. The molecule has 2 fully saturated rings. The molecule has 105 heavy (non-hydrogen) atoms. The summed E-state index contributed by atoms with van der Waals surface area (Å²) in [5.74, 6) is 6.07. The van der Waals surface area contributed by atoms with E-state index >= 15 is 0 Å². The molecule has 0 radical (unpaired) electrons. The van der Waals surface area contributed by atoms with E-state index in [1.54, 1.807) is 24.5 Å². The predicted molar refractivity (Wildman–Crippen MR) is 437 cm³/mol. The first kappa shape index (κ1) is 76.2. The number of aryl methyl sites for hydroxylation is 8. The molecule has 6 heterocycles. The minimum absolute atomic E-state index is 0.00895. The van der Waals surface area contributed by atoms with Crippen LogP contribution in [0.25, 0.3) is 31.7 Å². The standard InChI is InChI=1S/2C32H36N2S.C27H29N3O3S2/c1-23-9-11-26(12-10-23)20-27-7-4-8-28(21-27)22-32-33-18-17-30(34-32)31-16-15-29(35-31)14-13-25-6-3-5-24(2)19-25;1-23-6-10-25(11-7-23)14-15-29-16-17-31(35-29)30-18-19-33-32(34-30)22-28-5-3-4-27(21-28)20-26-12-8-24(2)9-13-26;1-19(31)23-5-3-4-22(16-23)17-27-29-15-14-25(30-27)26-13-12-24(34-26)11-10-20-6-8-21(9-7-20)18-35(32,33)28-2/h3-8,15-19,21,23,26H,9-14,20,22H2,1-2H3;3-7,10-11,16-19,21,24,26H,8-9,12-15,20,22H2,1-2H3;3-9,12-16,19,28,31H,10-11,17-18H2,1-2H3. The lowest BCUT2D eigenvalue weighted by Gasteiger charge is -2.26. The average Bonchev–Trinajstić information content (AvgIpc) is 1.77. The fourth-order valence-electron chi connectivity index (χ4n) is 14.3. The summed E-state index contributed by atoms with van der Waals surface area (Å²) in [6.45, 7) is 10.9. The Balaban J connectivity index is 0.000000148. The molecule has 2 aliphatic rings. The molecule has 10 nitrogen and oxygen atoms in total. The number of aliphatic hydroxyl groups is 1. The van der Waals surface area contributed by atoms with Gasteiger partial charge in [-0.2, -0.15) is 0 Å². The van der Waals surface area contributed by atoms with Gasteiger partial charge in [0.05, 0.1) is 43.6 Å². The van der Waals surface area contributed by atoms with Gasteiger partial charge in [0.1, 0.15) is 17.5 Å². The fourth-order valence-corrected chi connectivity index (χ4v) is 18.0. The van der Waals surface area contributed by atoms with E-state index in [4.69, 9.17) is 15.0 Å². The zero-order valence-corrected chi connectivity index (χ0v) is 65.2. The van der Waals surface area contributed by atoms with Crippen LogP contribution in [-0.4, -0.2) is 50.5 Å². The summed E-state index contributed by atoms with van der Waals surface area (Å²) in [5, 5.41) is 9.83. The fraction of sp³-hybridized carbons (Fsp3) is 0.341. The largest absolute Gasteiger partial charge is 0.389 e. The van der Waals surface area contributed by atoms with Crippen molar-refractivity contribution in [3.05, 3.63) is 318 Å². The Morgan fingerprint density at radius 2 is 0.790 bits per heavy atom. The van der Waals surface area contributed by atoms with Crippen LogP contribution >= 0.6 is 34.0 Å². The van der Waals surface area contributed by atoms with Crippen LogP contribution in [0.1, 0.15) is 177 Å². The monoisotopic (exact) mass is 1470 g/mol. The number of thiophene rings is 3. The first-order valence-electron chi connectivity index (χ1n) is 37.8.